The van der Waals surface area contributed by atoms with Crippen LogP contribution in [0.3, 0.4) is 0 Å². The first-order valence-electron chi connectivity index (χ1n) is 5.26. The molecule has 0 spiro atoms. The number of hydrogen-bond donors (Lipinski definition) is 0. The zero-order valence-corrected chi connectivity index (χ0v) is 8.26. The van der Waals surface area contributed by atoms with Crippen LogP contribution in [0.4, 0.5) is 0 Å². The van der Waals surface area contributed by atoms with Crippen LogP contribution in [0.1, 0.15) is 32.1 Å². The van der Waals surface area contributed by atoms with Crippen molar-refractivity contribution in [3.05, 3.63) is 37.0 Å². The summed E-state index contributed by atoms with van der Waals surface area (Å²) in [4.78, 5) is 0. The van der Waals surface area contributed by atoms with Crippen LogP contribution >= 0.6 is 0 Å². The molecule has 0 aliphatic heterocycles. The second-order valence-corrected chi connectivity index (χ2v) is 4.49. The maximum Gasteiger partial charge on any atom is -0.00443 e. The van der Waals surface area contributed by atoms with Gasteiger partial charge in [-0.3, -0.25) is 0 Å². The van der Waals surface area contributed by atoms with Gasteiger partial charge in [0.1, 0.15) is 0 Å². The Kier molecular flexibility index (Phi) is 2.15. The minimum Gasteiger partial charge on any atom is -0.0991 e. The first-order valence-corrected chi connectivity index (χ1v) is 5.26. The Hall–Kier alpha value is -0.780. The van der Waals surface area contributed by atoms with Crippen molar-refractivity contribution < 1.29 is 0 Å². The van der Waals surface area contributed by atoms with Crippen LogP contribution in [0.5, 0.6) is 0 Å². The molecule has 0 saturated heterocycles. The van der Waals surface area contributed by atoms with E-state index >= 15 is 0 Å². The Balaban J connectivity index is 2.26. The molecule has 2 aliphatic carbocycles. The summed E-state index contributed by atoms with van der Waals surface area (Å²) in [5.41, 5.74) is 1.93. The lowest BCUT2D eigenvalue weighted by molar-refractivity contribution is 0.367. The molecular formula is C13H18. The van der Waals surface area contributed by atoms with E-state index < -0.39 is 0 Å². The first-order chi connectivity index (χ1) is 6.30. The molecule has 2 rings (SSSR count). The normalized spacial score (nSPS) is 37.8. The van der Waals surface area contributed by atoms with Crippen molar-refractivity contribution in [2.24, 2.45) is 11.3 Å². The lowest BCUT2D eigenvalue weighted by Crippen LogP contribution is -2.15. The van der Waals surface area contributed by atoms with Crippen molar-refractivity contribution in [3.8, 4) is 0 Å². The number of rotatable bonds is 3. The maximum atomic E-state index is 3.92. The second kappa shape index (κ2) is 3.17. The summed E-state index contributed by atoms with van der Waals surface area (Å²) in [7, 11) is 0. The van der Waals surface area contributed by atoms with Gasteiger partial charge >= 0.3 is 0 Å². The quantitative estimate of drug-likeness (QED) is 0.570. The minimum atomic E-state index is 0.501. The van der Waals surface area contributed by atoms with Crippen LogP contribution in [-0.2, 0) is 0 Å². The molecular weight excluding hydrogens is 156 g/mol. The molecule has 0 heterocycles. The molecule has 0 atom stereocenters. The third-order valence-electron chi connectivity index (χ3n) is 3.87. The highest BCUT2D eigenvalue weighted by atomic mass is 14.5. The molecule has 0 radical (unpaired) electrons. The highest BCUT2D eigenvalue weighted by Crippen LogP contribution is 2.58. The summed E-state index contributed by atoms with van der Waals surface area (Å²) in [5, 5.41) is 0. The van der Waals surface area contributed by atoms with Crippen LogP contribution in [0.2, 0.25) is 0 Å². The van der Waals surface area contributed by atoms with Crippen molar-refractivity contribution in [1.82, 2.24) is 0 Å². The van der Waals surface area contributed by atoms with E-state index in [9.17, 15) is 0 Å². The maximum absolute atomic E-state index is 3.92. The summed E-state index contributed by atoms with van der Waals surface area (Å²) < 4.78 is 0. The molecule has 70 valence electrons. The highest BCUT2D eigenvalue weighted by molar-refractivity contribution is 5.31. The summed E-state index contributed by atoms with van der Waals surface area (Å²) in [5.74, 6) is 1.01. The van der Waals surface area contributed by atoms with Gasteiger partial charge in [-0.15, -0.1) is 0 Å². The third-order valence-corrected chi connectivity index (χ3v) is 3.87. The molecule has 0 heteroatoms. The number of allylic oxidation sites excluding steroid dienone is 4. The molecule has 13 heavy (non-hydrogen) atoms. The largest absolute Gasteiger partial charge is 0.0991 e. The standard InChI is InChI=1S/C13H18/c1-3-5-12(4-2)13-8-6-11(10-13)7-9-13/h3-5,11H,1-2,6-10H2. The van der Waals surface area contributed by atoms with E-state index in [-0.39, 0.29) is 0 Å². The number of hydrogen-bond acceptors (Lipinski definition) is 0. The molecule has 2 bridgehead atoms. The molecule has 2 saturated carbocycles. The van der Waals surface area contributed by atoms with Crippen molar-refractivity contribution in [3.63, 3.8) is 0 Å². The fourth-order valence-corrected chi connectivity index (χ4v) is 3.19. The summed E-state index contributed by atoms with van der Waals surface area (Å²) >= 11 is 0. The minimum absolute atomic E-state index is 0.501. The van der Waals surface area contributed by atoms with Gasteiger partial charge in [0, 0.05) is 0 Å². The van der Waals surface area contributed by atoms with Crippen LogP contribution < -0.4 is 0 Å². The van der Waals surface area contributed by atoms with Crippen molar-refractivity contribution in [2.45, 2.75) is 32.1 Å². The van der Waals surface area contributed by atoms with Crippen LogP contribution in [0, 0.1) is 11.3 Å². The van der Waals surface area contributed by atoms with E-state index in [1.165, 1.54) is 37.7 Å². The van der Waals surface area contributed by atoms with Gasteiger partial charge in [-0.2, -0.15) is 0 Å². The monoisotopic (exact) mass is 174 g/mol. The molecule has 0 unspecified atom stereocenters. The average Bonchev–Trinajstić information content (AvgIpc) is 2.74. The van der Waals surface area contributed by atoms with E-state index in [0.29, 0.717) is 5.41 Å². The van der Waals surface area contributed by atoms with Crippen LogP contribution in [0.25, 0.3) is 0 Å². The zero-order chi connectivity index (χ0) is 9.31. The van der Waals surface area contributed by atoms with E-state index in [4.69, 9.17) is 0 Å². The lowest BCUT2D eigenvalue weighted by atomic mass is 9.77. The molecule has 2 aliphatic rings. The second-order valence-electron chi connectivity index (χ2n) is 4.49. The molecule has 0 amide bonds. The van der Waals surface area contributed by atoms with Gasteiger partial charge in [-0.25, -0.2) is 0 Å². The van der Waals surface area contributed by atoms with E-state index in [1.807, 2.05) is 12.2 Å². The Morgan fingerprint density at radius 3 is 2.31 bits per heavy atom. The van der Waals surface area contributed by atoms with Crippen molar-refractivity contribution in [2.75, 3.05) is 0 Å². The van der Waals surface area contributed by atoms with Gasteiger partial charge in [0.2, 0.25) is 0 Å². The molecule has 0 aromatic rings. The molecule has 0 aromatic heterocycles. The summed E-state index contributed by atoms with van der Waals surface area (Å²) in [6.45, 7) is 7.69. The molecule has 0 N–H and O–H groups in total. The zero-order valence-electron chi connectivity index (χ0n) is 8.26. The van der Waals surface area contributed by atoms with Gasteiger partial charge in [-0.05, 0) is 49.0 Å². The molecule has 0 aromatic carbocycles. The number of fused-ring (bicyclic) bond motifs is 2. The third kappa shape index (κ3) is 1.29. The topological polar surface area (TPSA) is 0 Å². The Bertz CT molecular complexity index is 249. The highest BCUT2D eigenvalue weighted by Gasteiger charge is 2.45. The van der Waals surface area contributed by atoms with E-state index in [2.05, 4.69) is 19.2 Å². The first kappa shape index (κ1) is 8.80. The van der Waals surface area contributed by atoms with E-state index in [1.54, 1.807) is 0 Å². The summed E-state index contributed by atoms with van der Waals surface area (Å²) in [6.07, 6.45) is 13.1. The van der Waals surface area contributed by atoms with Gasteiger partial charge in [-0.1, -0.05) is 31.4 Å². The van der Waals surface area contributed by atoms with Gasteiger partial charge in [0.15, 0.2) is 0 Å². The smallest absolute Gasteiger partial charge is 0.00443 e. The van der Waals surface area contributed by atoms with Crippen molar-refractivity contribution >= 4 is 0 Å². The van der Waals surface area contributed by atoms with Gasteiger partial charge in [0.25, 0.3) is 0 Å². The Labute approximate surface area is 81.0 Å². The predicted molar refractivity (Wildman–Crippen MR) is 57.5 cm³/mol. The Morgan fingerprint density at radius 1 is 1.23 bits per heavy atom. The van der Waals surface area contributed by atoms with E-state index in [0.717, 1.165) is 5.92 Å². The van der Waals surface area contributed by atoms with Crippen LogP contribution in [0.15, 0.2) is 37.0 Å². The SMILES string of the molecule is C=CC=C(C=C)C12CCC(CC1)C2. The van der Waals surface area contributed by atoms with Gasteiger partial charge in [0.05, 0.1) is 0 Å². The summed E-state index contributed by atoms with van der Waals surface area (Å²) in [6, 6.07) is 0. The van der Waals surface area contributed by atoms with Crippen LogP contribution in [-0.4, -0.2) is 0 Å². The lowest BCUT2D eigenvalue weighted by Gasteiger charge is -2.27. The molecule has 2 fully saturated rings. The fraction of sp³-hybridized carbons (Fsp3) is 0.538. The van der Waals surface area contributed by atoms with Gasteiger partial charge < -0.3 is 0 Å². The fourth-order valence-electron chi connectivity index (χ4n) is 3.19. The molecule has 0 nitrogen and oxygen atoms in total. The Morgan fingerprint density at radius 2 is 1.92 bits per heavy atom. The average molecular weight is 174 g/mol. The predicted octanol–water partition coefficient (Wildman–Crippen LogP) is 3.87. The van der Waals surface area contributed by atoms with Crippen molar-refractivity contribution in [1.29, 1.82) is 0 Å².